The number of hydrogen-bond donors (Lipinski definition) is 1. The highest BCUT2D eigenvalue weighted by Gasteiger charge is 2.11. The van der Waals surface area contributed by atoms with Gasteiger partial charge in [0.05, 0.1) is 13.0 Å². The Labute approximate surface area is 164 Å². The van der Waals surface area contributed by atoms with Crippen LogP contribution in [0.5, 0.6) is 5.75 Å². The van der Waals surface area contributed by atoms with E-state index in [9.17, 15) is 14.4 Å². The molecule has 0 aliphatic rings. The standard InChI is InChI=1S/C22H25NO5/c1-3-6-21(25)23-18-11-9-17(10-12-18)19(24)15-28-22(26)13-14-27-20-8-5-4-7-16(20)2/h4-5,7-12H,3,6,13-15H2,1-2H3,(H,23,25). The van der Waals surface area contributed by atoms with Crippen LogP contribution in [0.1, 0.15) is 42.1 Å². The van der Waals surface area contributed by atoms with Gasteiger partial charge in [-0.3, -0.25) is 14.4 Å². The van der Waals surface area contributed by atoms with Crippen molar-refractivity contribution in [2.75, 3.05) is 18.5 Å². The maximum Gasteiger partial charge on any atom is 0.309 e. The highest BCUT2D eigenvalue weighted by Crippen LogP contribution is 2.16. The molecular weight excluding hydrogens is 358 g/mol. The van der Waals surface area contributed by atoms with Crippen molar-refractivity contribution in [1.82, 2.24) is 0 Å². The van der Waals surface area contributed by atoms with E-state index in [-0.39, 0.29) is 31.3 Å². The van der Waals surface area contributed by atoms with Gasteiger partial charge in [-0.05, 0) is 49.2 Å². The fourth-order valence-electron chi connectivity index (χ4n) is 2.45. The number of carbonyl (C=O) groups excluding carboxylic acids is 3. The lowest BCUT2D eigenvalue weighted by Crippen LogP contribution is -2.16. The average molecular weight is 383 g/mol. The molecule has 0 saturated heterocycles. The first kappa shape index (κ1) is 21.2. The Bertz CT molecular complexity index is 814. The Balaban J connectivity index is 1.73. The Morgan fingerprint density at radius 3 is 2.36 bits per heavy atom. The van der Waals surface area contributed by atoms with E-state index in [0.717, 1.165) is 17.7 Å². The van der Waals surface area contributed by atoms with Crippen molar-refractivity contribution in [3.05, 3.63) is 59.7 Å². The molecule has 2 rings (SSSR count). The zero-order valence-electron chi connectivity index (χ0n) is 16.2. The molecule has 0 bridgehead atoms. The maximum absolute atomic E-state index is 12.1. The fraction of sp³-hybridized carbons (Fsp3) is 0.318. The molecule has 0 unspecified atom stereocenters. The summed E-state index contributed by atoms with van der Waals surface area (Å²) in [6.45, 7) is 3.71. The van der Waals surface area contributed by atoms with Crippen LogP contribution >= 0.6 is 0 Å². The Kier molecular flexibility index (Phi) is 8.21. The van der Waals surface area contributed by atoms with Crippen LogP contribution in [0.3, 0.4) is 0 Å². The van der Waals surface area contributed by atoms with Crippen molar-refractivity contribution in [3.8, 4) is 5.75 Å². The summed E-state index contributed by atoms with van der Waals surface area (Å²) in [5.74, 6) is -0.147. The summed E-state index contributed by atoms with van der Waals surface area (Å²) in [6, 6.07) is 14.0. The number of Topliss-reactive ketones (excluding diaryl/α,β-unsaturated/α-hetero) is 1. The van der Waals surface area contributed by atoms with Gasteiger partial charge in [0.1, 0.15) is 5.75 Å². The van der Waals surface area contributed by atoms with Crippen LogP contribution in [0.15, 0.2) is 48.5 Å². The molecule has 1 N–H and O–H groups in total. The number of amides is 1. The zero-order valence-corrected chi connectivity index (χ0v) is 16.2. The Morgan fingerprint density at radius 2 is 1.68 bits per heavy atom. The van der Waals surface area contributed by atoms with E-state index >= 15 is 0 Å². The SMILES string of the molecule is CCCC(=O)Nc1ccc(C(=O)COC(=O)CCOc2ccccc2C)cc1. The second-order valence-electron chi connectivity index (χ2n) is 6.32. The number of ketones is 1. The Morgan fingerprint density at radius 1 is 0.964 bits per heavy atom. The topological polar surface area (TPSA) is 81.7 Å². The lowest BCUT2D eigenvalue weighted by atomic mass is 10.1. The molecule has 28 heavy (non-hydrogen) atoms. The van der Waals surface area contributed by atoms with Gasteiger partial charge in [-0.1, -0.05) is 25.1 Å². The highest BCUT2D eigenvalue weighted by atomic mass is 16.5. The molecule has 6 nitrogen and oxygen atoms in total. The first-order chi connectivity index (χ1) is 13.5. The van der Waals surface area contributed by atoms with Crippen LogP contribution in [-0.4, -0.2) is 30.9 Å². The predicted octanol–water partition coefficient (Wildman–Crippen LogP) is 3.93. The minimum absolute atomic E-state index is 0.0595. The van der Waals surface area contributed by atoms with Gasteiger partial charge in [0.25, 0.3) is 0 Å². The number of ether oxygens (including phenoxy) is 2. The molecule has 0 saturated carbocycles. The Hall–Kier alpha value is -3.15. The number of rotatable bonds is 10. The quantitative estimate of drug-likeness (QED) is 0.497. The van der Waals surface area contributed by atoms with Gasteiger partial charge in [0.15, 0.2) is 12.4 Å². The van der Waals surface area contributed by atoms with Crippen molar-refractivity contribution in [3.63, 3.8) is 0 Å². The third-order valence-corrected chi connectivity index (χ3v) is 3.99. The zero-order chi connectivity index (χ0) is 20.4. The summed E-state index contributed by atoms with van der Waals surface area (Å²) in [4.78, 5) is 35.5. The molecule has 0 spiro atoms. The predicted molar refractivity (Wildman–Crippen MR) is 107 cm³/mol. The van der Waals surface area contributed by atoms with E-state index in [1.807, 2.05) is 38.1 Å². The van der Waals surface area contributed by atoms with E-state index in [2.05, 4.69) is 5.32 Å². The molecule has 0 radical (unpaired) electrons. The number of aryl methyl sites for hydroxylation is 1. The van der Waals surface area contributed by atoms with Gasteiger partial charge in [-0.25, -0.2) is 0 Å². The van der Waals surface area contributed by atoms with Crippen LogP contribution in [0.4, 0.5) is 5.69 Å². The van der Waals surface area contributed by atoms with Crippen molar-refractivity contribution in [1.29, 1.82) is 0 Å². The van der Waals surface area contributed by atoms with E-state index in [1.165, 1.54) is 0 Å². The second-order valence-corrected chi connectivity index (χ2v) is 6.32. The molecule has 0 heterocycles. The first-order valence-corrected chi connectivity index (χ1v) is 9.26. The lowest BCUT2D eigenvalue weighted by molar-refractivity contribution is -0.143. The second kappa shape index (κ2) is 10.9. The van der Waals surface area contributed by atoms with Crippen LogP contribution < -0.4 is 10.1 Å². The smallest absolute Gasteiger partial charge is 0.309 e. The maximum atomic E-state index is 12.1. The molecule has 148 valence electrons. The summed E-state index contributed by atoms with van der Waals surface area (Å²) in [5.41, 5.74) is 2.03. The molecule has 0 fully saturated rings. The molecule has 0 atom stereocenters. The number of nitrogens with one attached hydrogen (secondary N) is 1. The fourth-order valence-corrected chi connectivity index (χ4v) is 2.45. The summed E-state index contributed by atoms with van der Waals surface area (Å²) in [5, 5.41) is 2.75. The van der Waals surface area contributed by atoms with Gasteiger partial charge in [-0.15, -0.1) is 0 Å². The molecule has 2 aromatic rings. The summed E-state index contributed by atoms with van der Waals surface area (Å²) in [7, 11) is 0. The monoisotopic (exact) mass is 383 g/mol. The minimum Gasteiger partial charge on any atom is -0.493 e. The van der Waals surface area contributed by atoms with Crippen molar-refractivity contribution in [2.45, 2.75) is 33.1 Å². The molecule has 0 aromatic heterocycles. The lowest BCUT2D eigenvalue weighted by Gasteiger charge is -2.09. The number of para-hydroxylation sites is 1. The van der Waals surface area contributed by atoms with Gasteiger partial charge >= 0.3 is 5.97 Å². The molecule has 0 aliphatic heterocycles. The third kappa shape index (κ3) is 6.87. The average Bonchev–Trinajstić information content (AvgIpc) is 2.68. The van der Waals surface area contributed by atoms with Crippen molar-refractivity contribution < 1.29 is 23.9 Å². The number of esters is 1. The third-order valence-electron chi connectivity index (χ3n) is 3.99. The number of benzene rings is 2. The van der Waals surface area contributed by atoms with E-state index in [1.54, 1.807) is 24.3 Å². The highest BCUT2D eigenvalue weighted by molar-refractivity contribution is 5.98. The molecule has 1 amide bonds. The number of anilines is 1. The van der Waals surface area contributed by atoms with Crippen molar-refractivity contribution in [2.24, 2.45) is 0 Å². The minimum atomic E-state index is -0.495. The van der Waals surface area contributed by atoms with Crippen LogP contribution in [0.2, 0.25) is 0 Å². The van der Waals surface area contributed by atoms with Gasteiger partial charge in [0, 0.05) is 17.7 Å². The van der Waals surface area contributed by atoms with Gasteiger partial charge in [-0.2, -0.15) is 0 Å². The molecule has 6 heteroatoms. The molecule has 0 aliphatic carbocycles. The van der Waals surface area contributed by atoms with E-state index in [4.69, 9.17) is 9.47 Å². The van der Waals surface area contributed by atoms with Crippen LogP contribution in [0, 0.1) is 6.92 Å². The summed E-state index contributed by atoms with van der Waals surface area (Å²) >= 11 is 0. The summed E-state index contributed by atoms with van der Waals surface area (Å²) in [6.07, 6.45) is 1.28. The van der Waals surface area contributed by atoms with E-state index < -0.39 is 5.97 Å². The molecule has 2 aromatic carbocycles. The van der Waals surface area contributed by atoms with Crippen LogP contribution in [0.25, 0.3) is 0 Å². The largest absolute Gasteiger partial charge is 0.493 e. The van der Waals surface area contributed by atoms with Crippen molar-refractivity contribution >= 4 is 23.3 Å². The number of carbonyl (C=O) groups is 3. The van der Waals surface area contributed by atoms with E-state index in [0.29, 0.717) is 17.7 Å². The van der Waals surface area contributed by atoms with Crippen LogP contribution in [-0.2, 0) is 14.3 Å². The number of hydrogen-bond acceptors (Lipinski definition) is 5. The molecular formula is C22H25NO5. The summed E-state index contributed by atoms with van der Waals surface area (Å²) < 4.78 is 10.6. The van der Waals surface area contributed by atoms with Gasteiger partial charge < -0.3 is 14.8 Å². The van der Waals surface area contributed by atoms with Gasteiger partial charge in [0.2, 0.25) is 5.91 Å². The first-order valence-electron chi connectivity index (χ1n) is 9.26. The normalized spacial score (nSPS) is 10.2.